The monoisotopic (exact) mass is 539 g/mol. The van der Waals surface area contributed by atoms with Crippen molar-refractivity contribution in [2.75, 3.05) is 18.1 Å². The summed E-state index contributed by atoms with van der Waals surface area (Å²) >= 11 is 0. The minimum Gasteiger partial charge on any atom is -0.347 e. The summed E-state index contributed by atoms with van der Waals surface area (Å²) in [4.78, 5) is 42.3. The van der Waals surface area contributed by atoms with Crippen molar-refractivity contribution in [3.05, 3.63) is 101 Å². The van der Waals surface area contributed by atoms with Gasteiger partial charge in [-0.25, -0.2) is 14.7 Å². The molecule has 2 bridgehead atoms. The van der Waals surface area contributed by atoms with Crippen LogP contribution in [0, 0.1) is 17.7 Å². The first-order chi connectivity index (χ1) is 19.3. The summed E-state index contributed by atoms with van der Waals surface area (Å²) in [6, 6.07) is 20.9. The molecule has 2 heterocycles. The molecule has 2 atom stereocenters. The number of halogens is 1. The molecule has 2 fully saturated rings. The number of amides is 3. The number of hydrogen-bond acceptors (Lipinski definition) is 6. The van der Waals surface area contributed by atoms with Crippen LogP contribution in [0.4, 0.5) is 10.1 Å². The number of nitrogens with one attached hydrogen (secondary N) is 1. The van der Waals surface area contributed by atoms with Gasteiger partial charge in [0, 0.05) is 12.1 Å². The molecule has 0 unspecified atom stereocenters. The smallest absolute Gasteiger partial charge is 0.245 e. The normalized spacial score (nSPS) is 27.6. The largest absolute Gasteiger partial charge is 0.347 e. The molecule has 3 aliphatic carbocycles. The quantitative estimate of drug-likeness (QED) is 0.304. The van der Waals surface area contributed by atoms with Crippen molar-refractivity contribution in [3.63, 3.8) is 0 Å². The fourth-order valence-corrected chi connectivity index (χ4v) is 7.09. The summed E-state index contributed by atoms with van der Waals surface area (Å²) in [5.74, 6) is -4.42. The van der Waals surface area contributed by atoms with Crippen molar-refractivity contribution in [1.29, 1.82) is 0 Å². The molecule has 1 N–H and O–H groups in total. The molecule has 8 rings (SSSR count). The second-order valence-electron chi connectivity index (χ2n) is 10.8. The van der Waals surface area contributed by atoms with Gasteiger partial charge in [0.25, 0.3) is 0 Å². The molecule has 2 saturated heterocycles. The second-order valence-corrected chi connectivity index (χ2v) is 10.8. The topological polar surface area (TPSA) is 97.3 Å². The number of imide groups is 1. The van der Waals surface area contributed by atoms with Crippen LogP contribution in [0.5, 0.6) is 0 Å². The van der Waals surface area contributed by atoms with Gasteiger partial charge in [-0.1, -0.05) is 48.5 Å². The Morgan fingerprint density at radius 3 is 2.20 bits per heavy atom. The molecule has 3 amide bonds. The summed E-state index contributed by atoms with van der Waals surface area (Å²) in [6.07, 6.45) is 1.56. The number of benzene rings is 3. The van der Waals surface area contributed by atoms with Crippen molar-refractivity contribution in [2.24, 2.45) is 16.9 Å². The number of ether oxygens (including phenoxy) is 2. The lowest BCUT2D eigenvalue weighted by Crippen LogP contribution is -2.54. The van der Waals surface area contributed by atoms with E-state index < -0.39 is 34.8 Å². The first-order valence-corrected chi connectivity index (χ1v) is 13.3. The molecule has 40 heavy (non-hydrogen) atoms. The van der Waals surface area contributed by atoms with Crippen LogP contribution < -0.4 is 10.3 Å². The van der Waals surface area contributed by atoms with E-state index in [0.29, 0.717) is 18.9 Å². The van der Waals surface area contributed by atoms with Crippen molar-refractivity contribution in [3.8, 4) is 0 Å². The molecule has 0 saturated carbocycles. The molecule has 3 aromatic rings. The standard InChI is InChI=1S/C31H26FN3O5/c1-30(39-14-15-40-30)16-24(36)34-33-17-31-22-8-4-2-6-20(22)25(21-7-3-5-9-23(21)31)26-27(31)29(38)35(28(26)37)19-12-10-18(32)11-13-19/h2-13,17,25-27H,14-16H2,1H3,(H,34,36)/b33-17-/t25?,26-,27-,31?/m0/s1. The zero-order chi connectivity index (χ0) is 27.6. The lowest BCUT2D eigenvalue weighted by molar-refractivity contribution is -0.159. The van der Waals surface area contributed by atoms with Gasteiger partial charge >= 0.3 is 0 Å². The number of hydrazone groups is 1. The van der Waals surface area contributed by atoms with E-state index in [1.165, 1.54) is 29.2 Å². The van der Waals surface area contributed by atoms with Gasteiger partial charge in [0.1, 0.15) is 5.82 Å². The fraction of sp³-hybridized carbons (Fsp3) is 0.290. The average molecular weight is 540 g/mol. The number of nitrogens with zero attached hydrogens (tertiary/aromatic N) is 2. The van der Waals surface area contributed by atoms with E-state index in [1.54, 1.807) is 13.1 Å². The van der Waals surface area contributed by atoms with Crippen LogP contribution >= 0.6 is 0 Å². The lowest BCUT2D eigenvalue weighted by Gasteiger charge is -2.52. The molecule has 9 heteroatoms. The highest BCUT2D eigenvalue weighted by Crippen LogP contribution is 2.63. The van der Waals surface area contributed by atoms with Gasteiger partial charge < -0.3 is 9.47 Å². The SMILES string of the molecule is CC1(CC(=O)N/N=C\C23c4ccccc4C(c4ccccc42)[C@@H]2C(=O)N(c4ccc(F)cc4)C(=O)[C@H]23)OCCO1. The molecule has 0 spiro atoms. The Morgan fingerprint density at radius 2 is 1.57 bits per heavy atom. The lowest BCUT2D eigenvalue weighted by atomic mass is 9.47. The minimum absolute atomic E-state index is 0.0472. The van der Waals surface area contributed by atoms with Crippen LogP contribution in [0.25, 0.3) is 0 Å². The van der Waals surface area contributed by atoms with Crippen LogP contribution in [0.1, 0.15) is 41.5 Å². The van der Waals surface area contributed by atoms with Gasteiger partial charge in [-0.3, -0.25) is 14.4 Å². The molecule has 8 nitrogen and oxygen atoms in total. The summed E-state index contributed by atoms with van der Waals surface area (Å²) in [6.45, 7) is 2.53. The Hall–Kier alpha value is -4.21. The molecule has 202 valence electrons. The summed E-state index contributed by atoms with van der Waals surface area (Å²) in [5, 5.41) is 4.40. The number of anilines is 1. The highest BCUT2D eigenvalue weighted by atomic mass is 19.1. The van der Waals surface area contributed by atoms with Crippen LogP contribution in [0.3, 0.4) is 0 Å². The maximum Gasteiger partial charge on any atom is 0.245 e. The molecule has 5 aliphatic rings. The van der Waals surface area contributed by atoms with Gasteiger partial charge in [-0.05, 0) is 53.4 Å². The fourth-order valence-electron chi connectivity index (χ4n) is 7.09. The third-order valence-corrected chi connectivity index (χ3v) is 8.61. The molecule has 0 radical (unpaired) electrons. The Kier molecular flexibility index (Phi) is 5.52. The van der Waals surface area contributed by atoms with E-state index >= 15 is 0 Å². The van der Waals surface area contributed by atoms with Crippen molar-refractivity contribution in [2.45, 2.75) is 30.5 Å². The highest BCUT2D eigenvalue weighted by Gasteiger charge is 2.68. The predicted octanol–water partition coefficient (Wildman–Crippen LogP) is 3.63. The predicted molar refractivity (Wildman–Crippen MR) is 143 cm³/mol. The van der Waals surface area contributed by atoms with Crippen molar-refractivity contribution in [1.82, 2.24) is 5.43 Å². The van der Waals surface area contributed by atoms with E-state index in [-0.39, 0.29) is 24.2 Å². The molecule has 3 aromatic carbocycles. The average Bonchev–Trinajstić information content (AvgIpc) is 3.50. The van der Waals surface area contributed by atoms with E-state index in [1.807, 2.05) is 48.5 Å². The third kappa shape index (κ3) is 3.44. The van der Waals surface area contributed by atoms with Gasteiger partial charge in [0.15, 0.2) is 5.79 Å². The zero-order valence-electron chi connectivity index (χ0n) is 21.7. The van der Waals surface area contributed by atoms with Gasteiger partial charge in [-0.2, -0.15) is 5.10 Å². The summed E-state index contributed by atoms with van der Waals surface area (Å²) in [7, 11) is 0. The van der Waals surface area contributed by atoms with Crippen LogP contribution in [0.15, 0.2) is 77.9 Å². The number of carbonyl (C=O) groups is 3. The van der Waals surface area contributed by atoms with E-state index in [0.717, 1.165) is 22.3 Å². The Morgan fingerprint density at radius 1 is 0.975 bits per heavy atom. The summed E-state index contributed by atoms with van der Waals surface area (Å²) in [5.41, 5.74) is 5.43. The highest BCUT2D eigenvalue weighted by molar-refractivity contribution is 6.25. The van der Waals surface area contributed by atoms with E-state index in [2.05, 4.69) is 10.5 Å². The Balaban J connectivity index is 1.35. The van der Waals surface area contributed by atoms with E-state index in [9.17, 15) is 18.8 Å². The molecular formula is C31H26FN3O5. The van der Waals surface area contributed by atoms with Crippen LogP contribution in [-0.4, -0.2) is 42.9 Å². The van der Waals surface area contributed by atoms with Crippen molar-refractivity contribution >= 4 is 29.6 Å². The summed E-state index contributed by atoms with van der Waals surface area (Å²) < 4.78 is 24.8. The van der Waals surface area contributed by atoms with E-state index in [4.69, 9.17) is 9.47 Å². The second kappa shape index (κ2) is 8.90. The molecule has 0 aromatic heterocycles. The Labute approximate surface area is 229 Å². The van der Waals surface area contributed by atoms with Gasteiger partial charge in [-0.15, -0.1) is 0 Å². The van der Waals surface area contributed by atoms with Gasteiger partial charge in [0.05, 0.1) is 42.6 Å². The number of hydrogen-bond donors (Lipinski definition) is 1. The van der Waals surface area contributed by atoms with Crippen molar-refractivity contribution < 1.29 is 28.2 Å². The Bertz CT molecular complexity index is 1530. The maximum atomic E-state index is 14.2. The molecular weight excluding hydrogens is 513 g/mol. The van der Waals surface area contributed by atoms with Gasteiger partial charge in [0.2, 0.25) is 17.7 Å². The first kappa shape index (κ1) is 24.8. The number of rotatable bonds is 5. The third-order valence-electron chi connectivity index (χ3n) is 8.61. The molecule has 2 aliphatic heterocycles. The van der Waals surface area contributed by atoms with Crippen LogP contribution in [-0.2, 0) is 29.3 Å². The first-order valence-electron chi connectivity index (χ1n) is 13.3. The number of carbonyl (C=O) groups excluding carboxylic acids is 3. The maximum absolute atomic E-state index is 14.2. The van der Waals surface area contributed by atoms with Crippen LogP contribution in [0.2, 0.25) is 0 Å². The zero-order valence-corrected chi connectivity index (χ0v) is 21.7. The minimum atomic E-state index is -1.12.